The molecule has 4 heterocycles. The maximum Gasteiger partial charge on any atom is 0.157 e. The third-order valence-electron chi connectivity index (χ3n) is 6.18. The van der Waals surface area contributed by atoms with Gasteiger partial charge >= 0.3 is 0 Å². The molecule has 0 spiro atoms. The van der Waals surface area contributed by atoms with Crippen molar-refractivity contribution in [3.63, 3.8) is 0 Å². The van der Waals surface area contributed by atoms with E-state index in [1.54, 1.807) is 30.6 Å². The Morgan fingerprint density at radius 1 is 0.634 bits per heavy atom. The average molecular weight is 553 g/mol. The van der Waals surface area contributed by atoms with Gasteiger partial charge in [-0.05, 0) is 55.5 Å². The van der Waals surface area contributed by atoms with Crippen molar-refractivity contribution in [2.24, 2.45) is 0 Å². The summed E-state index contributed by atoms with van der Waals surface area (Å²) < 4.78 is 22.6. The molecule has 0 radical (unpaired) electrons. The number of pyridine rings is 2. The molecule has 6 rings (SSSR count). The molecule has 0 fully saturated rings. The normalized spacial score (nSPS) is 11.2. The number of hydrogen-bond acceptors (Lipinski definition) is 9. The third-order valence-corrected chi connectivity index (χ3v) is 6.18. The van der Waals surface area contributed by atoms with E-state index in [1.807, 2.05) is 49.4 Å². The summed E-state index contributed by atoms with van der Waals surface area (Å²) in [4.78, 5) is 24.4. The Labute approximate surface area is 235 Å². The molecule has 0 saturated heterocycles. The van der Waals surface area contributed by atoms with E-state index in [2.05, 4.69) is 29.9 Å². The van der Waals surface area contributed by atoms with Crippen molar-refractivity contribution in [2.75, 3.05) is 33.0 Å². The fourth-order valence-electron chi connectivity index (χ4n) is 4.24. The van der Waals surface area contributed by atoms with Crippen LogP contribution in [0, 0.1) is 0 Å². The number of H-pyrrole nitrogens is 2. The smallest absolute Gasteiger partial charge is 0.157 e. The molecule has 6 aromatic rings. The molecule has 0 aliphatic heterocycles. The molecular weight excluding hydrogens is 524 g/mol. The van der Waals surface area contributed by atoms with Crippen LogP contribution in [-0.2, 0) is 4.74 Å². The van der Waals surface area contributed by atoms with E-state index in [-0.39, 0.29) is 5.75 Å². The van der Waals surface area contributed by atoms with Crippen LogP contribution in [-0.4, -0.2) is 68.0 Å². The van der Waals surface area contributed by atoms with Gasteiger partial charge in [-0.25, -0.2) is 19.9 Å². The second-order valence-corrected chi connectivity index (χ2v) is 9.05. The van der Waals surface area contributed by atoms with E-state index < -0.39 is 0 Å². The predicted octanol–water partition coefficient (Wildman–Crippen LogP) is 5.14. The molecule has 0 atom stereocenters. The first-order chi connectivity index (χ1) is 20.1. The van der Waals surface area contributed by atoms with Crippen LogP contribution in [0.1, 0.15) is 6.92 Å². The Hall–Kier alpha value is -5.16. The van der Waals surface area contributed by atoms with Crippen LogP contribution in [0.3, 0.4) is 0 Å². The number of ether oxygens (including phenoxy) is 4. The maximum atomic E-state index is 9.63. The Bertz CT molecular complexity index is 1750. The summed E-state index contributed by atoms with van der Waals surface area (Å²) in [6.07, 6.45) is 3.31. The SMILES string of the molecule is CCOc1ccc2nc(-c3ccc(OCCOCCOc4ccc(-c5nc6ccc(O)cc6[nH]5)nc4)cn3)[nH]c2c1. The Morgan fingerprint density at radius 2 is 1.20 bits per heavy atom. The monoisotopic (exact) mass is 552 g/mol. The molecule has 41 heavy (non-hydrogen) atoms. The molecule has 0 bridgehead atoms. The second kappa shape index (κ2) is 11.9. The highest BCUT2D eigenvalue weighted by Crippen LogP contribution is 2.25. The highest BCUT2D eigenvalue weighted by atomic mass is 16.5. The number of imidazole rings is 2. The summed E-state index contributed by atoms with van der Waals surface area (Å²) in [5.41, 5.74) is 4.65. The van der Waals surface area contributed by atoms with Gasteiger partial charge in [-0.15, -0.1) is 0 Å². The van der Waals surface area contributed by atoms with Gasteiger partial charge in [0.2, 0.25) is 0 Å². The molecule has 4 aromatic heterocycles. The molecule has 0 saturated carbocycles. The fraction of sp³-hybridized carbons (Fsp3) is 0.200. The number of phenols is 1. The van der Waals surface area contributed by atoms with Gasteiger partial charge in [-0.3, -0.25) is 0 Å². The van der Waals surface area contributed by atoms with Crippen molar-refractivity contribution < 1.29 is 24.1 Å². The molecule has 0 aliphatic carbocycles. The van der Waals surface area contributed by atoms with E-state index >= 15 is 0 Å². The predicted molar refractivity (Wildman–Crippen MR) is 153 cm³/mol. The molecule has 0 amide bonds. The molecule has 11 heteroatoms. The summed E-state index contributed by atoms with van der Waals surface area (Å²) in [6.45, 7) is 4.15. The Kier molecular flexibility index (Phi) is 7.59. The largest absolute Gasteiger partial charge is 0.508 e. The van der Waals surface area contributed by atoms with Crippen molar-refractivity contribution >= 4 is 22.1 Å². The zero-order valence-electron chi connectivity index (χ0n) is 22.3. The standard InChI is InChI=1S/C30H28N6O5/c1-2-39-20-4-8-24-28(16-20)36-30(34-24)26-10-6-22(18-32-26)41-14-12-38-11-13-40-21-5-9-25(31-17-21)29-33-23-7-3-19(37)15-27(23)35-29/h3-10,15-18,37H,2,11-14H2,1H3,(H,33,35)(H,34,36). The number of aromatic amines is 2. The van der Waals surface area contributed by atoms with Crippen molar-refractivity contribution in [1.82, 2.24) is 29.9 Å². The van der Waals surface area contributed by atoms with Crippen LogP contribution >= 0.6 is 0 Å². The van der Waals surface area contributed by atoms with Gasteiger partial charge in [0.1, 0.15) is 47.6 Å². The summed E-state index contributed by atoms with van der Waals surface area (Å²) in [5.74, 6) is 3.57. The quantitative estimate of drug-likeness (QED) is 0.176. The third kappa shape index (κ3) is 6.20. The number of nitrogens with zero attached hydrogens (tertiary/aromatic N) is 4. The summed E-state index contributed by atoms with van der Waals surface area (Å²) in [7, 11) is 0. The number of hydrogen-bond donors (Lipinski definition) is 3. The minimum Gasteiger partial charge on any atom is -0.508 e. The van der Waals surface area contributed by atoms with E-state index in [4.69, 9.17) is 18.9 Å². The van der Waals surface area contributed by atoms with Crippen LogP contribution in [0.4, 0.5) is 0 Å². The number of rotatable bonds is 12. The number of nitrogens with one attached hydrogen (secondary N) is 2. The molecule has 2 aromatic carbocycles. The average Bonchev–Trinajstić information content (AvgIpc) is 3.61. The zero-order valence-corrected chi connectivity index (χ0v) is 22.3. The lowest BCUT2D eigenvalue weighted by Crippen LogP contribution is -2.12. The van der Waals surface area contributed by atoms with Gasteiger partial charge in [0.05, 0.1) is 54.3 Å². The van der Waals surface area contributed by atoms with Crippen LogP contribution in [0.15, 0.2) is 73.1 Å². The molecule has 0 aliphatic rings. The fourth-order valence-corrected chi connectivity index (χ4v) is 4.24. The van der Waals surface area contributed by atoms with Crippen molar-refractivity contribution in [3.05, 3.63) is 73.1 Å². The van der Waals surface area contributed by atoms with E-state index in [9.17, 15) is 5.11 Å². The number of benzene rings is 2. The molecular formula is C30H28N6O5. The molecule has 3 N–H and O–H groups in total. The summed E-state index contributed by atoms with van der Waals surface area (Å²) >= 11 is 0. The van der Waals surface area contributed by atoms with Crippen LogP contribution in [0.5, 0.6) is 23.0 Å². The maximum absolute atomic E-state index is 9.63. The van der Waals surface area contributed by atoms with E-state index in [1.165, 1.54) is 0 Å². The minimum atomic E-state index is 0.182. The van der Waals surface area contributed by atoms with Crippen molar-refractivity contribution in [2.45, 2.75) is 6.92 Å². The van der Waals surface area contributed by atoms with Crippen molar-refractivity contribution in [1.29, 1.82) is 0 Å². The van der Waals surface area contributed by atoms with Crippen LogP contribution in [0.2, 0.25) is 0 Å². The minimum absolute atomic E-state index is 0.182. The highest BCUT2D eigenvalue weighted by Gasteiger charge is 2.09. The van der Waals surface area contributed by atoms with Crippen LogP contribution < -0.4 is 14.2 Å². The van der Waals surface area contributed by atoms with Gasteiger partial charge in [-0.2, -0.15) is 0 Å². The molecule has 11 nitrogen and oxygen atoms in total. The van der Waals surface area contributed by atoms with E-state index in [0.717, 1.165) is 33.5 Å². The molecule has 0 unspecified atom stereocenters. The van der Waals surface area contributed by atoms with Crippen molar-refractivity contribution in [3.8, 4) is 46.0 Å². The lowest BCUT2D eigenvalue weighted by Gasteiger charge is -2.09. The first-order valence-corrected chi connectivity index (χ1v) is 13.2. The van der Waals surface area contributed by atoms with Gasteiger partial charge in [0.25, 0.3) is 0 Å². The van der Waals surface area contributed by atoms with Gasteiger partial charge < -0.3 is 34.0 Å². The number of aromatic nitrogens is 6. The van der Waals surface area contributed by atoms with Gasteiger partial charge in [-0.1, -0.05) is 0 Å². The Balaban J connectivity index is 0.911. The van der Waals surface area contributed by atoms with Gasteiger partial charge in [0.15, 0.2) is 11.6 Å². The lowest BCUT2D eigenvalue weighted by atomic mass is 10.3. The first kappa shape index (κ1) is 26.1. The first-order valence-electron chi connectivity index (χ1n) is 13.2. The second-order valence-electron chi connectivity index (χ2n) is 9.05. The Morgan fingerprint density at radius 3 is 1.76 bits per heavy atom. The number of aromatic hydroxyl groups is 1. The lowest BCUT2D eigenvalue weighted by molar-refractivity contribution is 0.0762. The number of fused-ring (bicyclic) bond motifs is 2. The zero-order chi connectivity index (χ0) is 28.0. The van der Waals surface area contributed by atoms with Gasteiger partial charge in [0, 0.05) is 12.1 Å². The highest BCUT2D eigenvalue weighted by molar-refractivity contribution is 5.81. The summed E-state index contributed by atoms with van der Waals surface area (Å²) in [6, 6.07) is 18.1. The molecule has 208 valence electrons. The number of phenolic OH excluding ortho intramolecular Hbond substituents is 1. The topological polar surface area (TPSA) is 140 Å². The van der Waals surface area contributed by atoms with Crippen LogP contribution in [0.25, 0.3) is 45.1 Å². The van der Waals surface area contributed by atoms with E-state index in [0.29, 0.717) is 61.9 Å². The summed E-state index contributed by atoms with van der Waals surface area (Å²) in [5, 5.41) is 9.63.